The minimum absolute atomic E-state index is 0.146. The molecule has 0 spiro atoms. The van der Waals surface area contributed by atoms with E-state index in [4.69, 9.17) is 16.3 Å². The van der Waals surface area contributed by atoms with Crippen molar-refractivity contribution in [2.75, 3.05) is 13.2 Å². The van der Waals surface area contributed by atoms with E-state index in [2.05, 4.69) is 5.32 Å². The molecule has 5 nitrogen and oxygen atoms in total. The van der Waals surface area contributed by atoms with Crippen molar-refractivity contribution in [2.45, 2.75) is 40.3 Å². The zero-order valence-corrected chi connectivity index (χ0v) is 18.2. The average Bonchev–Trinajstić information content (AvgIpc) is 2.69. The molecule has 0 aromatic heterocycles. The lowest BCUT2D eigenvalue weighted by Crippen LogP contribution is -2.49. The Balaban J connectivity index is 2.14. The Hall–Kier alpha value is -2.53. The van der Waals surface area contributed by atoms with E-state index in [1.54, 1.807) is 19.1 Å². The summed E-state index contributed by atoms with van der Waals surface area (Å²) < 4.78 is 5.72. The van der Waals surface area contributed by atoms with E-state index in [0.29, 0.717) is 23.2 Å². The Morgan fingerprint density at radius 3 is 2.48 bits per heavy atom. The number of ether oxygens (including phenoxy) is 1. The molecule has 0 bridgehead atoms. The second kappa shape index (κ2) is 10.9. The molecule has 0 aliphatic rings. The lowest BCUT2D eigenvalue weighted by atomic mass is 10.1. The summed E-state index contributed by atoms with van der Waals surface area (Å²) in [6.07, 6.45) is 0. The molecule has 0 heterocycles. The van der Waals surface area contributed by atoms with Crippen LogP contribution in [0, 0.1) is 12.8 Å². The van der Waals surface area contributed by atoms with Crippen molar-refractivity contribution in [2.24, 2.45) is 5.92 Å². The van der Waals surface area contributed by atoms with Crippen LogP contribution in [-0.4, -0.2) is 35.9 Å². The van der Waals surface area contributed by atoms with Crippen molar-refractivity contribution >= 4 is 23.4 Å². The first-order valence-corrected chi connectivity index (χ1v) is 10.2. The number of hydrogen-bond acceptors (Lipinski definition) is 3. The van der Waals surface area contributed by atoms with Crippen LogP contribution in [0.3, 0.4) is 0 Å². The fraction of sp³-hybridized carbons (Fsp3) is 0.391. The van der Waals surface area contributed by atoms with Gasteiger partial charge in [0, 0.05) is 18.1 Å². The van der Waals surface area contributed by atoms with Gasteiger partial charge in [-0.05, 0) is 49.1 Å². The van der Waals surface area contributed by atoms with Gasteiger partial charge in [0.2, 0.25) is 5.91 Å². The number of nitrogens with one attached hydrogen (secondary N) is 1. The van der Waals surface area contributed by atoms with Crippen LogP contribution in [0.25, 0.3) is 0 Å². The number of carbonyl (C=O) groups excluding carboxylic acids is 2. The van der Waals surface area contributed by atoms with Crippen LogP contribution in [0.5, 0.6) is 5.75 Å². The first-order valence-electron chi connectivity index (χ1n) is 9.78. The van der Waals surface area contributed by atoms with Gasteiger partial charge < -0.3 is 15.0 Å². The van der Waals surface area contributed by atoms with Crippen molar-refractivity contribution in [3.05, 3.63) is 64.7 Å². The normalized spacial score (nSPS) is 11.8. The van der Waals surface area contributed by atoms with Gasteiger partial charge in [0.15, 0.2) is 6.61 Å². The van der Waals surface area contributed by atoms with Gasteiger partial charge >= 0.3 is 0 Å². The van der Waals surface area contributed by atoms with Crippen LogP contribution >= 0.6 is 11.6 Å². The van der Waals surface area contributed by atoms with Crippen LogP contribution in [-0.2, 0) is 16.1 Å². The molecule has 2 aromatic carbocycles. The maximum atomic E-state index is 13.0. The second-order valence-corrected chi connectivity index (χ2v) is 7.96. The number of carbonyl (C=O) groups is 2. The zero-order valence-electron chi connectivity index (χ0n) is 17.4. The summed E-state index contributed by atoms with van der Waals surface area (Å²) in [6.45, 7) is 8.38. The van der Waals surface area contributed by atoms with Crippen molar-refractivity contribution in [1.29, 1.82) is 0 Å². The minimum Gasteiger partial charge on any atom is -0.484 e. The third kappa shape index (κ3) is 7.09. The summed E-state index contributed by atoms with van der Waals surface area (Å²) in [5.41, 5.74) is 1.80. The Bertz CT molecular complexity index is 838. The number of amides is 2. The third-order valence-corrected chi connectivity index (χ3v) is 4.77. The third-order valence-electron chi connectivity index (χ3n) is 4.54. The number of nitrogens with zero attached hydrogens (tertiary/aromatic N) is 1. The molecule has 0 saturated heterocycles. The van der Waals surface area contributed by atoms with Crippen molar-refractivity contribution in [3.63, 3.8) is 0 Å². The predicted octanol–water partition coefficient (Wildman–Crippen LogP) is 4.22. The summed E-state index contributed by atoms with van der Waals surface area (Å²) in [5, 5.41) is 3.48. The first-order chi connectivity index (χ1) is 13.8. The molecule has 6 heteroatoms. The average molecular weight is 417 g/mol. The monoisotopic (exact) mass is 416 g/mol. The molecule has 2 amide bonds. The molecule has 1 atom stereocenters. The van der Waals surface area contributed by atoms with Crippen molar-refractivity contribution < 1.29 is 14.3 Å². The highest BCUT2D eigenvalue weighted by Crippen LogP contribution is 2.18. The summed E-state index contributed by atoms with van der Waals surface area (Å²) in [4.78, 5) is 27.1. The number of halogens is 1. The van der Waals surface area contributed by atoms with Gasteiger partial charge in [-0.1, -0.05) is 55.8 Å². The van der Waals surface area contributed by atoms with Crippen LogP contribution in [0.4, 0.5) is 0 Å². The van der Waals surface area contributed by atoms with E-state index in [1.807, 2.05) is 57.2 Å². The van der Waals surface area contributed by atoms with Gasteiger partial charge in [-0.3, -0.25) is 9.59 Å². The molecular weight excluding hydrogens is 388 g/mol. The number of benzene rings is 2. The summed E-state index contributed by atoms with van der Waals surface area (Å²) in [7, 11) is 0. The van der Waals surface area contributed by atoms with Crippen molar-refractivity contribution in [3.8, 4) is 5.75 Å². The molecule has 29 heavy (non-hydrogen) atoms. The van der Waals surface area contributed by atoms with Gasteiger partial charge in [-0.15, -0.1) is 0 Å². The van der Waals surface area contributed by atoms with Gasteiger partial charge in [-0.25, -0.2) is 0 Å². The molecule has 1 N–H and O–H groups in total. The molecular formula is C23H29ClN2O3. The highest BCUT2D eigenvalue weighted by Gasteiger charge is 2.26. The standard InChI is InChI=1S/C23H29ClN2O3/c1-16(2)13-25-23(28)18(4)26(14-19-9-7-10-20(24)12-19)22(27)15-29-21-11-6-5-8-17(21)3/h5-12,16,18H,13-15H2,1-4H3,(H,25,28)/t18-/m0/s1. The van der Waals surface area contributed by atoms with E-state index >= 15 is 0 Å². The lowest BCUT2D eigenvalue weighted by Gasteiger charge is -2.29. The van der Waals surface area contributed by atoms with Gasteiger partial charge in [-0.2, -0.15) is 0 Å². The highest BCUT2D eigenvalue weighted by atomic mass is 35.5. The number of rotatable bonds is 9. The topological polar surface area (TPSA) is 58.6 Å². The maximum absolute atomic E-state index is 13.0. The zero-order chi connectivity index (χ0) is 21.4. The van der Waals surface area contributed by atoms with E-state index in [1.165, 1.54) is 4.90 Å². The molecule has 156 valence electrons. The van der Waals surface area contributed by atoms with Crippen molar-refractivity contribution in [1.82, 2.24) is 10.2 Å². The number of hydrogen-bond donors (Lipinski definition) is 1. The molecule has 0 saturated carbocycles. The summed E-state index contributed by atoms with van der Waals surface area (Å²) >= 11 is 6.09. The smallest absolute Gasteiger partial charge is 0.261 e. The molecule has 0 radical (unpaired) electrons. The minimum atomic E-state index is -0.638. The van der Waals surface area contributed by atoms with Crippen LogP contribution in [0.1, 0.15) is 31.9 Å². The molecule has 0 aliphatic heterocycles. The van der Waals surface area contributed by atoms with Crippen LogP contribution < -0.4 is 10.1 Å². The van der Waals surface area contributed by atoms with Gasteiger partial charge in [0.1, 0.15) is 11.8 Å². The Morgan fingerprint density at radius 1 is 1.10 bits per heavy atom. The second-order valence-electron chi connectivity index (χ2n) is 7.52. The fourth-order valence-corrected chi connectivity index (χ4v) is 3.02. The summed E-state index contributed by atoms with van der Waals surface area (Å²) in [6, 6.07) is 14.2. The molecule has 0 aliphatic carbocycles. The van der Waals surface area contributed by atoms with E-state index < -0.39 is 6.04 Å². The Labute approximate surface area is 178 Å². The number of para-hydroxylation sites is 1. The summed E-state index contributed by atoms with van der Waals surface area (Å²) in [5.74, 6) is 0.526. The Morgan fingerprint density at radius 2 is 1.83 bits per heavy atom. The van der Waals surface area contributed by atoms with Crippen LogP contribution in [0.2, 0.25) is 5.02 Å². The fourth-order valence-electron chi connectivity index (χ4n) is 2.81. The maximum Gasteiger partial charge on any atom is 0.261 e. The SMILES string of the molecule is Cc1ccccc1OCC(=O)N(Cc1cccc(Cl)c1)[C@@H](C)C(=O)NCC(C)C. The largest absolute Gasteiger partial charge is 0.484 e. The first kappa shape index (κ1) is 22.8. The van der Waals surface area contributed by atoms with Crippen LogP contribution in [0.15, 0.2) is 48.5 Å². The van der Waals surface area contributed by atoms with Gasteiger partial charge in [0.05, 0.1) is 0 Å². The lowest BCUT2D eigenvalue weighted by molar-refractivity contribution is -0.142. The highest BCUT2D eigenvalue weighted by molar-refractivity contribution is 6.30. The Kier molecular flexibility index (Phi) is 8.52. The molecule has 0 unspecified atom stereocenters. The quantitative estimate of drug-likeness (QED) is 0.665. The van der Waals surface area contributed by atoms with E-state index in [9.17, 15) is 9.59 Å². The molecule has 2 aromatic rings. The van der Waals surface area contributed by atoms with Gasteiger partial charge in [0.25, 0.3) is 5.91 Å². The number of aryl methyl sites for hydroxylation is 1. The molecule has 0 fully saturated rings. The predicted molar refractivity (Wildman–Crippen MR) is 116 cm³/mol. The molecule has 2 rings (SSSR count). The van der Waals surface area contributed by atoms with E-state index in [-0.39, 0.29) is 25.0 Å². The van der Waals surface area contributed by atoms with E-state index in [0.717, 1.165) is 11.1 Å².